The molecule has 0 aromatic heterocycles. The normalized spacial score (nSPS) is 18.9. The van der Waals surface area contributed by atoms with Crippen molar-refractivity contribution in [3.8, 4) is 0 Å². The molecule has 108 valence electrons. The lowest BCUT2D eigenvalue weighted by atomic mass is 10.0. The standard InChI is InChI=1S/C15H19NO3S/c1-10-3-4-11(2)12(7-10)8-14(17)16-5-6-20-9-13(16)15(18)19/h3-4,7,13H,5-6,8-9H2,1-2H3,(H,18,19). The van der Waals surface area contributed by atoms with Crippen molar-refractivity contribution < 1.29 is 14.7 Å². The van der Waals surface area contributed by atoms with Gasteiger partial charge in [0.1, 0.15) is 6.04 Å². The molecular weight excluding hydrogens is 274 g/mol. The first-order valence-corrected chi connectivity index (χ1v) is 7.80. The number of hydrogen-bond acceptors (Lipinski definition) is 3. The molecule has 20 heavy (non-hydrogen) atoms. The maximum absolute atomic E-state index is 12.4. The van der Waals surface area contributed by atoms with Gasteiger partial charge in [-0.1, -0.05) is 23.8 Å². The van der Waals surface area contributed by atoms with Gasteiger partial charge in [0, 0.05) is 18.1 Å². The summed E-state index contributed by atoms with van der Waals surface area (Å²) in [7, 11) is 0. The predicted octanol–water partition coefficient (Wildman–Crippen LogP) is 1.87. The van der Waals surface area contributed by atoms with E-state index < -0.39 is 12.0 Å². The lowest BCUT2D eigenvalue weighted by Gasteiger charge is -2.32. The van der Waals surface area contributed by atoms with E-state index in [1.54, 1.807) is 11.8 Å². The number of aryl methyl sites for hydroxylation is 2. The van der Waals surface area contributed by atoms with E-state index in [-0.39, 0.29) is 12.3 Å². The summed E-state index contributed by atoms with van der Waals surface area (Å²) >= 11 is 1.59. The Morgan fingerprint density at radius 3 is 2.85 bits per heavy atom. The Hall–Kier alpha value is -1.49. The molecule has 4 nitrogen and oxygen atoms in total. The summed E-state index contributed by atoms with van der Waals surface area (Å²) in [5.74, 6) is 0.286. The quantitative estimate of drug-likeness (QED) is 0.924. The first kappa shape index (κ1) is 14.9. The number of carboxylic acid groups (broad SMARTS) is 1. The van der Waals surface area contributed by atoms with Crippen LogP contribution in [-0.2, 0) is 16.0 Å². The van der Waals surface area contributed by atoms with Crippen LogP contribution in [0.4, 0.5) is 0 Å². The van der Waals surface area contributed by atoms with Gasteiger partial charge in [-0.2, -0.15) is 11.8 Å². The third-order valence-electron chi connectivity index (χ3n) is 3.58. The van der Waals surface area contributed by atoms with Gasteiger partial charge in [-0.05, 0) is 25.0 Å². The molecule has 1 N–H and O–H groups in total. The summed E-state index contributed by atoms with van der Waals surface area (Å²) in [5, 5.41) is 9.22. The first-order chi connectivity index (χ1) is 9.49. The fraction of sp³-hybridized carbons (Fsp3) is 0.467. The van der Waals surface area contributed by atoms with Crippen LogP contribution in [0.3, 0.4) is 0 Å². The molecular formula is C15H19NO3S. The van der Waals surface area contributed by atoms with E-state index in [4.69, 9.17) is 0 Å². The van der Waals surface area contributed by atoms with Gasteiger partial charge in [0.2, 0.25) is 5.91 Å². The van der Waals surface area contributed by atoms with Crippen LogP contribution in [-0.4, -0.2) is 46.0 Å². The molecule has 1 aromatic carbocycles. The van der Waals surface area contributed by atoms with Crippen LogP contribution in [0.1, 0.15) is 16.7 Å². The predicted molar refractivity (Wildman–Crippen MR) is 80.1 cm³/mol. The van der Waals surface area contributed by atoms with Gasteiger partial charge in [0.05, 0.1) is 6.42 Å². The van der Waals surface area contributed by atoms with E-state index in [1.165, 1.54) is 4.90 Å². The molecule has 0 saturated carbocycles. The number of carbonyl (C=O) groups excluding carboxylic acids is 1. The monoisotopic (exact) mass is 293 g/mol. The Labute approximate surface area is 123 Å². The minimum absolute atomic E-state index is 0.0913. The highest BCUT2D eigenvalue weighted by molar-refractivity contribution is 7.99. The molecule has 2 rings (SSSR count). The summed E-state index contributed by atoms with van der Waals surface area (Å²) < 4.78 is 0. The van der Waals surface area contributed by atoms with Crippen LogP contribution in [0.15, 0.2) is 18.2 Å². The van der Waals surface area contributed by atoms with Crippen molar-refractivity contribution in [1.29, 1.82) is 0 Å². The summed E-state index contributed by atoms with van der Waals surface area (Å²) in [6.45, 7) is 4.49. The molecule has 1 unspecified atom stereocenters. The highest BCUT2D eigenvalue weighted by atomic mass is 32.2. The molecule has 1 heterocycles. The van der Waals surface area contributed by atoms with Crippen molar-refractivity contribution >= 4 is 23.6 Å². The van der Waals surface area contributed by atoms with E-state index >= 15 is 0 Å². The van der Waals surface area contributed by atoms with E-state index in [1.807, 2.05) is 32.0 Å². The smallest absolute Gasteiger partial charge is 0.327 e. The van der Waals surface area contributed by atoms with E-state index in [0.29, 0.717) is 12.3 Å². The number of hydrogen-bond donors (Lipinski definition) is 1. The highest BCUT2D eigenvalue weighted by Gasteiger charge is 2.32. The van der Waals surface area contributed by atoms with Crippen molar-refractivity contribution in [3.05, 3.63) is 34.9 Å². The van der Waals surface area contributed by atoms with Crippen LogP contribution in [0, 0.1) is 13.8 Å². The van der Waals surface area contributed by atoms with Gasteiger partial charge < -0.3 is 10.0 Å². The lowest BCUT2D eigenvalue weighted by molar-refractivity contribution is -0.148. The van der Waals surface area contributed by atoms with Crippen LogP contribution in [0.2, 0.25) is 0 Å². The maximum atomic E-state index is 12.4. The van der Waals surface area contributed by atoms with E-state index in [9.17, 15) is 14.7 Å². The first-order valence-electron chi connectivity index (χ1n) is 6.65. The molecule has 5 heteroatoms. The Bertz CT molecular complexity index is 530. The fourth-order valence-corrected chi connectivity index (χ4v) is 3.40. The van der Waals surface area contributed by atoms with Crippen LogP contribution >= 0.6 is 11.8 Å². The van der Waals surface area contributed by atoms with Gasteiger partial charge in [-0.3, -0.25) is 4.79 Å². The number of benzene rings is 1. The SMILES string of the molecule is Cc1ccc(C)c(CC(=O)N2CCSCC2C(=O)O)c1. The zero-order valence-corrected chi connectivity index (χ0v) is 12.6. The van der Waals surface area contributed by atoms with Crippen molar-refractivity contribution in [2.45, 2.75) is 26.3 Å². The van der Waals surface area contributed by atoms with Gasteiger partial charge in [-0.15, -0.1) is 0 Å². The molecule has 1 aliphatic rings. The molecule has 0 bridgehead atoms. The van der Waals surface area contributed by atoms with Crippen molar-refractivity contribution in [1.82, 2.24) is 4.90 Å². The maximum Gasteiger partial charge on any atom is 0.327 e. The number of thioether (sulfide) groups is 1. The van der Waals surface area contributed by atoms with E-state index in [2.05, 4.69) is 0 Å². The van der Waals surface area contributed by atoms with Crippen molar-refractivity contribution in [2.75, 3.05) is 18.1 Å². The summed E-state index contributed by atoms with van der Waals surface area (Å²) in [6, 6.07) is 5.33. The second kappa shape index (κ2) is 6.31. The largest absolute Gasteiger partial charge is 0.480 e. The average molecular weight is 293 g/mol. The number of carbonyl (C=O) groups is 2. The summed E-state index contributed by atoms with van der Waals surface area (Å²) in [4.78, 5) is 25.1. The molecule has 1 aliphatic heterocycles. The molecule has 1 saturated heterocycles. The molecule has 1 amide bonds. The van der Waals surface area contributed by atoms with Gasteiger partial charge in [0.25, 0.3) is 0 Å². The topological polar surface area (TPSA) is 57.6 Å². The lowest BCUT2D eigenvalue weighted by Crippen LogP contribution is -2.50. The highest BCUT2D eigenvalue weighted by Crippen LogP contribution is 2.19. The Morgan fingerprint density at radius 2 is 2.15 bits per heavy atom. The Morgan fingerprint density at radius 1 is 1.40 bits per heavy atom. The fourth-order valence-electron chi connectivity index (χ4n) is 2.36. The van der Waals surface area contributed by atoms with Gasteiger partial charge in [-0.25, -0.2) is 4.79 Å². The zero-order chi connectivity index (χ0) is 14.7. The Kier molecular flexibility index (Phi) is 4.70. The van der Waals surface area contributed by atoms with Crippen LogP contribution in [0.5, 0.6) is 0 Å². The van der Waals surface area contributed by atoms with E-state index in [0.717, 1.165) is 22.4 Å². The third kappa shape index (κ3) is 3.33. The second-order valence-electron chi connectivity index (χ2n) is 5.12. The Balaban J connectivity index is 2.14. The molecule has 0 aliphatic carbocycles. The average Bonchev–Trinajstić information content (AvgIpc) is 2.42. The number of carboxylic acids is 1. The second-order valence-corrected chi connectivity index (χ2v) is 6.27. The van der Waals surface area contributed by atoms with Crippen molar-refractivity contribution in [3.63, 3.8) is 0 Å². The number of amides is 1. The van der Waals surface area contributed by atoms with Crippen LogP contribution < -0.4 is 0 Å². The van der Waals surface area contributed by atoms with Crippen LogP contribution in [0.25, 0.3) is 0 Å². The number of rotatable bonds is 3. The van der Waals surface area contributed by atoms with Gasteiger partial charge in [0.15, 0.2) is 0 Å². The number of nitrogens with zero attached hydrogens (tertiary/aromatic N) is 1. The molecule has 1 atom stereocenters. The number of aliphatic carboxylic acids is 1. The molecule has 0 radical (unpaired) electrons. The molecule has 1 fully saturated rings. The molecule has 0 spiro atoms. The van der Waals surface area contributed by atoms with Crippen molar-refractivity contribution in [2.24, 2.45) is 0 Å². The summed E-state index contributed by atoms with van der Waals surface area (Å²) in [5.41, 5.74) is 3.17. The van der Waals surface area contributed by atoms with Gasteiger partial charge >= 0.3 is 5.97 Å². The zero-order valence-electron chi connectivity index (χ0n) is 11.8. The molecule has 1 aromatic rings. The summed E-state index contributed by atoms with van der Waals surface area (Å²) in [6.07, 6.45) is 0.280. The minimum Gasteiger partial charge on any atom is -0.480 e. The third-order valence-corrected chi connectivity index (χ3v) is 4.60. The minimum atomic E-state index is -0.911.